The number of carbonyl (C=O) groups excluding carboxylic acids is 1. The first-order chi connectivity index (χ1) is 10.8. The van der Waals surface area contributed by atoms with E-state index in [0.29, 0.717) is 18.1 Å². The number of thiophene rings is 1. The third-order valence-electron chi connectivity index (χ3n) is 5.53. The third-order valence-corrected chi connectivity index (χ3v) is 6.76. The van der Waals surface area contributed by atoms with E-state index in [4.69, 9.17) is 0 Å². The first-order valence-corrected chi connectivity index (χ1v) is 9.78. The standard InChI is InChI=1S/C18H26N2OS/c21-18(20-15-10-13-7-8-14(11-15)19-13)17-9-12-5-3-1-2-4-6-16(12)22-17/h9,13-15,19H,1-8,10-11H2,(H,20,21). The molecule has 3 aliphatic rings. The molecule has 4 heteroatoms. The van der Waals surface area contributed by atoms with Crippen molar-refractivity contribution in [3.8, 4) is 0 Å². The van der Waals surface area contributed by atoms with Crippen LogP contribution in [0.5, 0.6) is 0 Å². The highest BCUT2D eigenvalue weighted by Crippen LogP contribution is 2.30. The topological polar surface area (TPSA) is 41.1 Å². The minimum absolute atomic E-state index is 0.169. The Morgan fingerprint density at radius 2 is 1.82 bits per heavy atom. The zero-order chi connectivity index (χ0) is 14.9. The van der Waals surface area contributed by atoms with Crippen LogP contribution >= 0.6 is 11.3 Å². The molecule has 1 aromatic heterocycles. The molecule has 0 aromatic carbocycles. The minimum atomic E-state index is 0.169. The molecule has 2 N–H and O–H groups in total. The van der Waals surface area contributed by atoms with Crippen LogP contribution in [-0.4, -0.2) is 24.0 Å². The van der Waals surface area contributed by atoms with Crippen LogP contribution in [0.2, 0.25) is 0 Å². The van der Waals surface area contributed by atoms with E-state index in [1.165, 1.54) is 55.4 Å². The summed E-state index contributed by atoms with van der Waals surface area (Å²) < 4.78 is 0. The van der Waals surface area contributed by atoms with Crippen molar-refractivity contribution in [2.45, 2.75) is 82.3 Å². The third kappa shape index (κ3) is 3.09. The van der Waals surface area contributed by atoms with Gasteiger partial charge in [-0.05, 0) is 63.0 Å². The van der Waals surface area contributed by atoms with E-state index in [1.54, 1.807) is 11.3 Å². The fourth-order valence-electron chi connectivity index (χ4n) is 4.39. The smallest absolute Gasteiger partial charge is 0.261 e. The zero-order valence-corrected chi connectivity index (χ0v) is 14.0. The van der Waals surface area contributed by atoms with Crippen molar-refractivity contribution in [1.29, 1.82) is 0 Å². The Labute approximate surface area is 136 Å². The molecule has 2 unspecified atom stereocenters. The number of hydrogen-bond acceptors (Lipinski definition) is 3. The average Bonchev–Trinajstić information content (AvgIpc) is 3.02. The zero-order valence-electron chi connectivity index (χ0n) is 13.2. The minimum Gasteiger partial charge on any atom is -0.348 e. The molecule has 1 aromatic rings. The number of hydrogen-bond donors (Lipinski definition) is 2. The quantitative estimate of drug-likeness (QED) is 0.877. The highest BCUT2D eigenvalue weighted by atomic mass is 32.1. The van der Waals surface area contributed by atoms with Crippen LogP contribution in [0.3, 0.4) is 0 Å². The Morgan fingerprint density at radius 3 is 2.59 bits per heavy atom. The van der Waals surface area contributed by atoms with Crippen LogP contribution in [0.1, 0.15) is 71.5 Å². The molecule has 0 saturated carbocycles. The van der Waals surface area contributed by atoms with Gasteiger partial charge in [0.2, 0.25) is 0 Å². The molecule has 2 fully saturated rings. The monoisotopic (exact) mass is 318 g/mol. The van der Waals surface area contributed by atoms with Crippen LogP contribution in [0, 0.1) is 0 Å². The largest absolute Gasteiger partial charge is 0.348 e. The maximum Gasteiger partial charge on any atom is 0.261 e. The van der Waals surface area contributed by atoms with Gasteiger partial charge in [-0.25, -0.2) is 0 Å². The molecule has 3 nitrogen and oxygen atoms in total. The lowest BCUT2D eigenvalue weighted by atomic mass is 9.99. The van der Waals surface area contributed by atoms with Gasteiger partial charge in [-0.3, -0.25) is 4.79 Å². The van der Waals surface area contributed by atoms with Gasteiger partial charge in [-0.2, -0.15) is 0 Å². The number of piperidine rings is 1. The number of fused-ring (bicyclic) bond motifs is 3. The van der Waals surface area contributed by atoms with E-state index in [1.807, 2.05) is 0 Å². The Balaban J connectivity index is 1.43. The van der Waals surface area contributed by atoms with Crippen LogP contribution in [0.15, 0.2) is 6.07 Å². The Morgan fingerprint density at radius 1 is 1.09 bits per heavy atom. The average molecular weight is 318 g/mol. The van der Waals surface area contributed by atoms with Gasteiger partial charge in [0, 0.05) is 23.0 Å². The molecule has 4 rings (SSSR count). The van der Waals surface area contributed by atoms with Crippen molar-refractivity contribution < 1.29 is 4.79 Å². The molecule has 1 aliphatic carbocycles. The molecule has 1 amide bonds. The summed E-state index contributed by atoms with van der Waals surface area (Å²) in [6, 6.07) is 3.81. The van der Waals surface area contributed by atoms with E-state index in [-0.39, 0.29) is 5.91 Å². The van der Waals surface area contributed by atoms with Gasteiger partial charge >= 0.3 is 0 Å². The Bertz CT molecular complexity index is 516. The molecule has 2 atom stereocenters. The fraction of sp³-hybridized carbons (Fsp3) is 0.722. The van der Waals surface area contributed by atoms with Gasteiger partial charge in [0.25, 0.3) is 5.91 Å². The van der Waals surface area contributed by atoms with Crippen LogP contribution < -0.4 is 10.6 Å². The number of nitrogens with one attached hydrogen (secondary N) is 2. The van der Waals surface area contributed by atoms with Gasteiger partial charge in [0.1, 0.15) is 0 Å². The van der Waals surface area contributed by atoms with Crippen molar-refractivity contribution in [2.24, 2.45) is 0 Å². The summed E-state index contributed by atoms with van der Waals surface area (Å²) in [7, 11) is 0. The summed E-state index contributed by atoms with van der Waals surface area (Å²) in [5.41, 5.74) is 1.44. The normalized spacial score (nSPS) is 31.2. The Kier molecular flexibility index (Phi) is 4.23. The molecular formula is C18H26N2OS. The summed E-state index contributed by atoms with van der Waals surface area (Å²) in [6.45, 7) is 0. The van der Waals surface area contributed by atoms with E-state index in [0.717, 1.165) is 24.1 Å². The molecular weight excluding hydrogens is 292 g/mol. The molecule has 2 bridgehead atoms. The van der Waals surface area contributed by atoms with Crippen molar-refractivity contribution in [2.75, 3.05) is 0 Å². The molecule has 0 spiro atoms. The second-order valence-corrected chi connectivity index (χ2v) is 8.39. The molecule has 3 heterocycles. The summed E-state index contributed by atoms with van der Waals surface area (Å²) >= 11 is 1.74. The summed E-state index contributed by atoms with van der Waals surface area (Å²) in [4.78, 5) is 15.0. The maximum atomic E-state index is 12.6. The number of aryl methyl sites for hydroxylation is 2. The lowest BCUT2D eigenvalue weighted by Crippen LogP contribution is -2.47. The van der Waals surface area contributed by atoms with Crippen LogP contribution in [-0.2, 0) is 12.8 Å². The SMILES string of the molecule is O=C(NC1CC2CCC(C1)N2)c1cc2c(s1)CCCCCC2. The predicted octanol–water partition coefficient (Wildman–Crippen LogP) is 3.42. The van der Waals surface area contributed by atoms with E-state index < -0.39 is 0 Å². The Hall–Kier alpha value is -0.870. The highest BCUT2D eigenvalue weighted by Gasteiger charge is 2.34. The second-order valence-electron chi connectivity index (χ2n) is 7.25. The maximum absolute atomic E-state index is 12.6. The summed E-state index contributed by atoms with van der Waals surface area (Å²) in [5.74, 6) is 0.169. The first-order valence-electron chi connectivity index (χ1n) is 8.96. The van der Waals surface area contributed by atoms with Gasteiger partial charge in [0.05, 0.1) is 4.88 Å². The van der Waals surface area contributed by atoms with Gasteiger partial charge in [-0.15, -0.1) is 11.3 Å². The van der Waals surface area contributed by atoms with Crippen LogP contribution in [0.4, 0.5) is 0 Å². The lowest BCUT2D eigenvalue weighted by molar-refractivity contribution is 0.0928. The molecule has 22 heavy (non-hydrogen) atoms. The van der Waals surface area contributed by atoms with Crippen molar-refractivity contribution in [3.63, 3.8) is 0 Å². The number of amides is 1. The molecule has 2 saturated heterocycles. The van der Waals surface area contributed by atoms with Gasteiger partial charge in [0.15, 0.2) is 0 Å². The molecule has 120 valence electrons. The van der Waals surface area contributed by atoms with Crippen molar-refractivity contribution in [1.82, 2.24) is 10.6 Å². The van der Waals surface area contributed by atoms with Crippen molar-refractivity contribution in [3.05, 3.63) is 21.4 Å². The van der Waals surface area contributed by atoms with Gasteiger partial charge in [-0.1, -0.05) is 12.8 Å². The van der Waals surface area contributed by atoms with Gasteiger partial charge < -0.3 is 10.6 Å². The first kappa shape index (κ1) is 14.7. The van der Waals surface area contributed by atoms with Crippen LogP contribution in [0.25, 0.3) is 0 Å². The fourth-order valence-corrected chi connectivity index (χ4v) is 5.54. The van der Waals surface area contributed by atoms with E-state index in [2.05, 4.69) is 16.7 Å². The lowest BCUT2D eigenvalue weighted by Gasteiger charge is -2.29. The number of rotatable bonds is 2. The second kappa shape index (κ2) is 6.32. The molecule has 0 radical (unpaired) electrons. The van der Waals surface area contributed by atoms with E-state index in [9.17, 15) is 4.79 Å². The summed E-state index contributed by atoms with van der Waals surface area (Å²) in [6.07, 6.45) is 12.4. The predicted molar refractivity (Wildman–Crippen MR) is 90.6 cm³/mol. The number of carbonyl (C=O) groups is 1. The molecule has 2 aliphatic heterocycles. The summed E-state index contributed by atoms with van der Waals surface area (Å²) in [5, 5.41) is 6.95. The van der Waals surface area contributed by atoms with Crippen molar-refractivity contribution >= 4 is 17.2 Å². The highest BCUT2D eigenvalue weighted by molar-refractivity contribution is 7.14. The van der Waals surface area contributed by atoms with E-state index >= 15 is 0 Å².